The number of ether oxygens (including phenoxy) is 1. The minimum atomic E-state index is -0.844. The van der Waals surface area contributed by atoms with Crippen LogP contribution in [0.25, 0.3) is 0 Å². The maximum Gasteiger partial charge on any atom is 0.342 e. The van der Waals surface area contributed by atoms with E-state index in [4.69, 9.17) is 16.3 Å². The average Bonchev–Trinajstić information content (AvgIpc) is 2.67. The van der Waals surface area contributed by atoms with Crippen molar-refractivity contribution in [2.75, 3.05) is 5.32 Å². The summed E-state index contributed by atoms with van der Waals surface area (Å²) in [4.78, 5) is 24.2. The fourth-order valence-corrected chi connectivity index (χ4v) is 2.63. The summed E-state index contributed by atoms with van der Waals surface area (Å²) < 4.78 is 18.8. The first-order valence-corrected chi connectivity index (χ1v) is 8.49. The smallest absolute Gasteiger partial charge is 0.342 e. The first-order valence-electron chi connectivity index (χ1n) is 8.11. The Hall–Kier alpha value is -3.18. The van der Waals surface area contributed by atoms with Crippen LogP contribution in [0.4, 0.5) is 10.1 Å². The van der Waals surface area contributed by atoms with Crippen LogP contribution in [0, 0.1) is 5.82 Å². The lowest BCUT2D eigenvalue weighted by Gasteiger charge is -2.08. The number of nitrogens with one attached hydrogen (secondary N) is 1. The fraction of sp³-hybridized carbons (Fsp3) is 0.0476. The zero-order valence-electron chi connectivity index (χ0n) is 14.1. The van der Waals surface area contributed by atoms with Gasteiger partial charge in [0.15, 0.2) is 0 Å². The Kier molecular flexibility index (Phi) is 5.84. The molecule has 136 valence electrons. The monoisotopic (exact) mass is 383 g/mol. The summed E-state index contributed by atoms with van der Waals surface area (Å²) >= 11 is 5.84. The first-order chi connectivity index (χ1) is 13.0. The number of carbonyl (C=O) groups excluding carboxylic acids is 2. The topological polar surface area (TPSA) is 55.4 Å². The largest absolute Gasteiger partial charge is 0.457 e. The van der Waals surface area contributed by atoms with Crippen molar-refractivity contribution < 1.29 is 18.7 Å². The number of carbonyl (C=O) groups is 2. The predicted molar refractivity (Wildman–Crippen MR) is 101 cm³/mol. The van der Waals surface area contributed by atoms with Crippen LogP contribution >= 0.6 is 11.6 Å². The number of rotatable bonds is 5. The number of benzene rings is 3. The standard InChI is InChI=1S/C21H15ClFNO3/c22-17-7-4-8-18(23)19(17)21(26)27-13-14-9-11-15(12-10-14)20(25)24-16-5-2-1-3-6-16/h1-12H,13H2,(H,24,25). The number of para-hydroxylation sites is 1. The molecule has 0 atom stereocenters. The van der Waals surface area contributed by atoms with Crippen molar-refractivity contribution in [3.8, 4) is 0 Å². The Bertz CT molecular complexity index is 939. The molecule has 4 nitrogen and oxygen atoms in total. The van der Waals surface area contributed by atoms with E-state index in [-0.39, 0.29) is 23.1 Å². The number of hydrogen-bond acceptors (Lipinski definition) is 3. The van der Waals surface area contributed by atoms with E-state index in [0.29, 0.717) is 16.8 Å². The molecule has 0 bridgehead atoms. The summed E-state index contributed by atoms with van der Waals surface area (Å²) in [6.07, 6.45) is 0. The van der Waals surface area contributed by atoms with Gasteiger partial charge in [0.1, 0.15) is 18.0 Å². The summed E-state index contributed by atoms with van der Waals surface area (Å²) in [7, 11) is 0. The van der Waals surface area contributed by atoms with Crippen LogP contribution in [0.1, 0.15) is 26.3 Å². The van der Waals surface area contributed by atoms with Crippen molar-refractivity contribution in [2.45, 2.75) is 6.61 Å². The van der Waals surface area contributed by atoms with Gasteiger partial charge in [0.2, 0.25) is 0 Å². The second-order valence-corrected chi connectivity index (χ2v) is 6.10. The summed E-state index contributed by atoms with van der Waals surface area (Å²) in [6.45, 7) is -0.0654. The van der Waals surface area contributed by atoms with Gasteiger partial charge in [-0.15, -0.1) is 0 Å². The number of amides is 1. The van der Waals surface area contributed by atoms with Gasteiger partial charge in [0.05, 0.1) is 5.02 Å². The molecule has 6 heteroatoms. The van der Waals surface area contributed by atoms with Gasteiger partial charge in [-0.2, -0.15) is 0 Å². The van der Waals surface area contributed by atoms with Gasteiger partial charge < -0.3 is 10.1 Å². The lowest BCUT2D eigenvalue weighted by atomic mass is 10.1. The Labute approximate surface area is 160 Å². The molecule has 0 aliphatic heterocycles. The second-order valence-electron chi connectivity index (χ2n) is 5.69. The highest BCUT2D eigenvalue weighted by Crippen LogP contribution is 2.20. The fourth-order valence-electron chi connectivity index (χ4n) is 2.39. The molecule has 3 aromatic rings. The minimum absolute atomic E-state index is 0.00655. The van der Waals surface area contributed by atoms with Crippen LogP contribution in [0.2, 0.25) is 5.02 Å². The zero-order valence-corrected chi connectivity index (χ0v) is 14.9. The van der Waals surface area contributed by atoms with Gasteiger partial charge in [-0.05, 0) is 42.0 Å². The molecule has 0 spiro atoms. The molecule has 0 radical (unpaired) electrons. The maximum absolute atomic E-state index is 13.7. The predicted octanol–water partition coefficient (Wildman–Crippen LogP) is 5.09. The highest BCUT2D eigenvalue weighted by atomic mass is 35.5. The first kappa shape index (κ1) is 18.6. The van der Waals surface area contributed by atoms with Gasteiger partial charge in [-0.3, -0.25) is 4.79 Å². The molecule has 0 fully saturated rings. The van der Waals surface area contributed by atoms with Gasteiger partial charge >= 0.3 is 5.97 Å². The second kappa shape index (κ2) is 8.47. The molecule has 0 unspecified atom stereocenters. The summed E-state index contributed by atoms with van der Waals surface area (Å²) in [5, 5.41) is 2.77. The van der Waals surface area contributed by atoms with Crippen molar-refractivity contribution >= 4 is 29.2 Å². The molecule has 0 heterocycles. The molecule has 3 aromatic carbocycles. The van der Waals surface area contributed by atoms with E-state index in [2.05, 4.69) is 5.32 Å². The Morgan fingerprint density at radius 1 is 0.926 bits per heavy atom. The lowest BCUT2D eigenvalue weighted by Crippen LogP contribution is -2.12. The molecule has 0 saturated carbocycles. The maximum atomic E-state index is 13.7. The van der Waals surface area contributed by atoms with Gasteiger partial charge in [-0.1, -0.05) is 48.0 Å². The molecule has 0 aromatic heterocycles. The lowest BCUT2D eigenvalue weighted by molar-refractivity contribution is 0.0467. The highest BCUT2D eigenvalue weighted by molar-refractivity contribution is 6.33. The SMILES string of the molecule is O=C(Nc1ccccc1)c1ccc(COC(=O)c2c(F)cccc2Cl)cc1. The molecule has 0 saturated heterocycles. The van der Waals surface area contributed by atoms with Crippen molar-refractivity contribution in [1.82, 2.24) is 0 Å². The van der Waals surface area contributed by atoms with Crippen LogP contribution in [-0.2, 0) is 11.3 Å². The van der Waals surface area contributed by atoms with E-state index in [0.717, 1.165) is 6.07 Å². The number of halogens is 2. The molecule has 3 rings (SSSR count). The van der Waals surface area contributed by atoms with Gasteiger partial charge in [0.25, 0.3) is 5.91 Å². The number of anilines is 1. The number of hydrogen-bond donors (Lipinski definition) is 1. The van der Waals surface area contributed by atoms with E-state index in [1.54, 1.807) is 36.4 Å². The third kappa shape index (κ3) is 4.71. The van der Waals surface area contributed by atoms with Crippen molar-refractivity contribution in [2.24, 2.45) is 0 Å². The van der Waals surface area contributed by atoms with Crippen molar-refractivity contribution in [3.63, 3.8) is 0 Å². The molecule has 0 aliphatic rings. The molecule has 27 heavy (non-hydrogen) atoms. The Morgan fingerprint density at radius 2 is 1.63 bits per heavy atom. The van der Waals surface area contributed by atoms with Crippen LogP contribution in [0.3, 0.4) is 0 Å². The average molecular weight is 384 g/mol. The van der Waals surface area contributed by atoms with Crippen molar-refractivity contribution in [1.29, 1.82) is 0 Å². The van der Waals surface area contributed by atoms with Gasteiger partial charge in [0, 0.05) is 11.3 Å². The van der Waals surface area contributed by atoms with E-state index in [1.807, 2.05) is 18.2 Å². The minimum Gasteiger partial charge on any atom is -0.457 e. The van der Waals surface area contributed by atoms with E-state index < -0.39 is 11.8 Å². The van der Waals surface area contributed by atoms with Crippen LogP contribution in [0.5, 0.6) is 0 Å². The zero-order chi connectivity index (χ0) is 19.2. The van der Waals surface area contributed by atoms with Crippen molar-refractivity contribution in [3.05, 3.63) is 100 Å². The Balaban J connectivity index is 1.61. The Morgan fingerprint density at radius 3 is 2.30 bits per heavy atom. The molecule has 1 N–H and O–H groups in total. The quantitative estimate of drug-likeness (QED) is 0.624. The van der Waals surface area contributed by atoms with E-state index in [9.17, 15) is 14.0 Å². The third-order valence-electron chi connectivity index (χ3n) is 3.78. The summed E-state index contributed by atoms with van der Waals surface area (Å²) in [5.74, 6) is -1.83. The summed E-state index contributed by atoms with van der Waals surface area (Å²) in [5.41, 5.74) is 1.53. The van der Waals surface area contributed by atoms with Crippen LogP contribution < -0.4 is 5.32 Å². The van der Waals surface area contributed by atoms with E-state index in [1.165, 1.54) is 12.1 Å². The molecular formula is C21H15ClFNO3. The van der Waals surface area contributed by atoms with Gasteiger partial charge in [-0.25, -0.2) is 9.18 Å². The summed E-state index contributed by atoms with van der Waals surface area (Å²) in [6, 6.07) is 19.6. The third-order valence-corrected chi connectivity index (χ3v) is 4.10. The van der Waals surface area contributed by atoms with Crippen LogP contribution in [0.15, 0.2) is 72.8 Å². The molecule has 0 aliphatic carbocycles. The number of esters is 1. The normalized spacial score (nSPS) is 10.3. The highest BCUT2D eigenvalue weighted by Gasteiger charge is 2.17. The van der Waals surface area contributed by atoms with E-state index >= 15 is 0 Å². The van der Waals surface area contributed by atoms with Crippen LogP contribution in [-0.4, -0.2) is 11.9 Å². The molecule has 1 amide bonds. The molecular weight excluding hydrogens is 369 g/mol.